The van der Waals surface area contributed by atoms with Crippen molar-refractivity contribution in [2.45, 2.75) is 32.4 Å². The summed E-state index contributed by atoms with van der Waals surface area (Å²) in [5, 5.41) is 7.83. The molecule has 1 aromatic carbocycles. The van der Waals surface area contributed by atoms with E-state index in [0.29, 0.717) is 29.0 Å². The van der Waals surface area contributed by atoms with Gasteiger partial charge in [0.15, 0.2) is 5.96 Å². The Hall–Kier alpha value is -1.46. The molecule has 2 N–H and O–H groups in total. The van der Waals surface area contributed by atoms with Crippen LogP contribution in [0.5, 0.6) is 0 Å². The normalized spacial score (nSPS) is 18.2. The van der Waals surface area contributed by atoms with E-state index >= 15 is 0 Å². The van der Waals surface area contributed by atoms with Gasteiger partial charge in [-0.05, 0) is 24.1 Å². The molecule has 126 valence electrons. The molecule has 1 aliphatic heterocycles. The van der Waals surface area contributed by atoms with Crippen LogP contribution in [0.3, 0.4) is 0 Å². The lowest BCUT2D eigenvalue weighted by molar-refractivity contribution is -0.129. The van der Waals surface area contributed by atoms with Crippen molar-refractivity contribution in [2.75, 3.05) is 20.1 Å². The van der Waals surface area contributed by atoms with Crippen LogP contribution in [0.15, 0.2) is 23.2 Å². The number of hydrogen-bond acceptors (Lipinski definition) is 2. The minimum atomic E-state index is 0.199. The number of amides is 1. The highest BCUT2D eigenvalue weighted by Crippen LogP contribution is 2.20. The molecule has 1 aliphatic rings. The number of benzene rings is 1. The number of aliphatic imine (C=N–C) groups is 1. The molecule has 1 heterocycles. The average Bonchev–Trinajstić information content (AvgIpc) is 3.00. The van der Waals surface area contributed by atoms with Crippen molar-refractivity contribution in [3.05, 3.63) is 33.8 Å². The van der Waals surface area contributed by atoms with Crippen molar-refractivity contribution in [3.8, 4) is 0 Å². The van der Waals surface area contributed by atoms with Crippen molar-refractivity contribution in [3.63, 3.8) is 0 Å². The first kappa shape index (κ1) is 17.9. The molecule has 1 amide bonds. The Labute approximate surface area is 147 Å². The third kappa shape index (κ3) is 5.01. The Balaban J connectivity index is 1.86. The molecular formula is C16H22Cl2N4O. The number of likely N-dealkylation sites (tertiary alicyclic amines) is 1. The van der Waals surface area contributed by atoms with E-state index in [1.807, 2.05) is 24.0 Å². The zero-order valence-corrected chi connectivity index (χ0v) is 14.9. The molecule has 0 radical (unpaired) electrons. The molecule has 1 unspecified atom stereocenters. The summed E-state index contributed by atoms with van der Waals surface area (Å²) in [6.07, 6.45) is 1.48. The molecule has 0 saturated carbocycles. The molecule has 1 aromatic rings. The van der Waals surface area contributed by atoms with E-state index in [1.54, 1.807) is 13.1 Å². The highest BCUT2D eigenvalue weighted by molar-refractivity contribution is 6.35. The van der Waals surface area contributed by atoms with Gasteiger partial charge in [0.2, 0.25) is 5.91 Å². The van der Waals surface area contributed by atoms with Crippen LogP contribution in [0.1, 0.15) is 25.3 Å². The number of carbonyl (C=O) groups is 1. The van der Waals surface area contributed by atoms with E-state index in [9.17, 15) is 4.79 Å². The number of rotatable bonds is 4. The Morgan fingerprint density at radius 3 is 2.87 bits per heavy atom. The van der Waals surface area contributed by atoms with E-state index in [2.05, 4.69) is 15.6 Å². The summed E-state index contributed by atoms with van der Waals surface area (Å²) in [4.78, 5) is 17.8. The lowest BCUT2D eigenvalue weighted by Gasteiger charge is -2.19. The van der Waals surface area contributed by atoms with Crippen LogP contribution in [-0.4, -0.2) is 42.9 Å². The van der Waals surface area contributed by atoms with Crippen molar-refractivity contribution in [1.82, 2.24) is 15.5 Å². The van der Waals surface area contributed by atoms with Crippen molar-refractivity contribution < 1.29 is 4.79 Å². The highest BCUT2D eigenvalue weighted by atomic mass is 35.5. The summed E-state index contributed by atoms with van der Waals surface area (Å²) < 4.78 is 0. The summed E-state index contributed by atoms with van der Waals surface area (Å²) in [5.41, 5.74) is 0.952. The number of nitrogens with one attached hydrogen (secondary N) is 2. The van der Waals surface area contributed by atoms with Crippen LogP contribution in [-0.2, 0) is 11.3 Å². The van der Waals surface area contributed by atoms with Crippen LogP contribution in [0, 0.1) is 0 Å². The van der Waals surface area contributed by atoms with Crippen molar-refractivity contribution in [2.24, 2.45) is 4.99 Å². The molecule has 5 nitrogen and oxygen atoms in total. The number of guanidine groups is 1. The number of halogens is 2. The van der Waals surface area contributed by atoms with E-state index in [4.69, 9.17) is 23.2 Å². The molecule has 23 heavy (non-hydrogen) atoms. The van der Waals surface area contributed by atoms with Gasteiger partial charge in [0.25, 0.3) is 0 Å². The molecule has 1 saturated heterocycles. The fourth-order valence-electron chi connectivity index (χ4n) is 2.56. The maximum atomic E-state index is 11.7. The van der Waals surface area contributed by atoms with E-state index < -0.39 is 0 Å². The minimum Gasteiger partial charge on any atom is -0.352 e. The summed E-state index contributed by atoms with van der Waals surface area (Å²) in [7, 11) is 1.72. The molecule has 0 aromatic heterocycles. The minimum absolute atomic E-state index is 0.199. The van der Waals surface area contributed by atoms with Crippen LogP contribution < -0.4 is 10.6 Å². The summed E-state index contributed by atoms with van der Waals surface area (Å²) in [5.74, 6) is 0.900. The van der Waals surface area contributed by atoms with Gasteiger partial charge in [0, 0.05) is 49.2 Å². The first-order valence-electron chi connectivity index (χ1n) is 7.72. The van der Waals surface area contributed by atoms with Gasteiger partial charge >= 0.3 is 0 Å². The molecule has 1 fully saturated rings. The third-order valence-corrected chi connectivity index (χ3v) is 4.46. The Kier molecular flexibility index (Phi) is 6.54. The van der Waals surface area contributed by atoms with Gasteiger partial charge in [-0.2, -0.15) is 0 Å². The zero-order valence-electron chi connectivity index (χ0n) is 13.4. The third-order valence-electron chi connectivity index (χ3n) is 3.87. The van der Waals surface area contributed by atoms with Gasteiger partial charge < -0.3 is 15.5 Å². The standard InChI is InChI=1S/C16H22Cl2N4O/c1-3-15(23)22-7-6-13(10-22)21-16(19-2)20-9-11-4-5-12(17)8-14(11)18/h4-5,8,13H,3,6-7,9-10H2,1-2H3,(H2,19,20,21). The molecule has 0 bridgehead atoms. The predicted octanol–water partition coefficient (Wildman–Crippen LogP) is 2.67. The Morgan fingerprint density at radius 2 is 2.22 bits per heavy atom. The van der Waals surface area contributed by atoms with Gasteiger partial charge in [-0.15, -0.1) is 0 Å². The van der Waals surface area contributed by atoms with Gasteiger partial charge in [-0.25, -0.2) is 0 Å². The van der Waals surface area contributed by atoms with Crippen LogP contribution in [0.25, 0.3) is 0 Å². The van der Waals surface area contributed by atoms with Gasteiger partial charge in [-0.1, -0.05) is 36.2 Å². The fourth-order valence-corrected chi connectivity index (χ4v) is 3.04. The Bertz CT molecular complexity index is 591. The molecule has 2 rings (SSSR count). The molecule has 0 spiro atoms. The average molecular weight is 357 g/mol. The second kappa shape index (κ2) is 8.41. The second-order valence-corrected chi connectivity index (χ2v) is 6.33. The van der Waals surface area contributed by atoms with E-state index in [0.717, 1.165) is 25.1 Å². The molecule has 1 atom stereocenters. The zero-order chi connectivity index (χ0) is 16.8. The number of carbonyl (C=O) groups excluding carboxylic acids is 1. The van der Waals surface area contributed by atoms with Crippen LogP contribution in [0.4, 0.5) is 0 Å². The maximum Gasteiger partial charge on any atom is 0.222 e. The van der Waals surface area contributed by atoms with Gasteiger partial charge in [0.1, 0.15) is 0 Å². The second-order valence-electron chi connectivity index (χ2n) is 5.48. The quantitative estimate of drug-likeness (QED) is 0.644. The van der Waals surface area contributed by atoms with Crippen molar-refractivity contribution in [1.29, 1.82) is 0 Å². The monoisotopic (exact) mass is 356 g/mol. The summed E-state index contributed by atoms with van der Waals surface area (Å²) >= 11 is 12.1. The number of nitrogens with zero attached hydrogens (tertiary/aromatic N) is 2. The topological polar surface area (TPSA) is 56.7 Å². The van der Waals surface area contributed by atoms with Crippen LogP contribution in [0.2, 0.25) is 10.0 Å². The number of hydrogen-bond donors (Lipinski definition) is 2. The largest absolute Gasteiger partial charge is 0.352 e. The highest BCUT2D eigenvalue weighted by Gasteiger charge is 2.25. The first-order chi connectivity index (χ1) is 11.0. The summed E-state index contributed by atoms with van der Waals surface area (Å²) in [6.45, 7) is 3.96. The molecular weight excluding hydrogens is 335 g/mol. The lowest BCUT2D eigenvalue weighted by Crippen LogP contribution is -2.44. The first-order valence-corrected chi connectivity index (χ1v) is 8.48. The van der Waals surface area contributed by atoms with E-state index in [1.165, 1.54) is 0 Å². The predicted molar refractivity (Wildman–Crippen MR) is 95.1 cm³/mol. The fraction of sp³-hybridized carbons (Fsp3) is 0.500. The maximum absolute atomic E-state index is 11.7. The van der Waals surface area contributed by atoms with Gasteiger partial charge in [-0.3, -0.25) is 9.79 Å². The SMILES string of the molecule is CCC(=O)N1CCC(NC(=NC)NCc2ccc(Cl)cc2Cl)C1. The van der Waals surface area contributed by atoms with Crippen LogP contribution >= 0.6 is 23.2 Å². The van der Waals surface area contributed by atoms with Gasteiger partial charge in [0.05, 0.1) is 0 Å². The smallest absolute Gasteiger partial charge is 0.222 e. The molecule has 0 aliphatic carbocycles. The lowest BCUT2D eigenvalue weighted by atomic mass is 10.2. The van der Waals surface area contributed by atoms with Crippen molar-refractivity contribution >= 4 is 35.1 Å². The molecule has 7 heteroatoms. The van der Waals surface area contributed by atoms with E-state index in [-0.39, 0.29) is 11.9 Å². The summed E-state index contributed by atoms with van der Waals surface area (Å²) in [6, 6.07) is 5.65. The Morgan fingerprint density at radius 1 is 1.43 bits per heavy atom.